The summed E-state index contributed by atoms with van der Waals surface area (Å²) in [5.74, 6) is 0.499. The molecule has 0 radical (unpaired) electrons. The first-order chi connectivity index (χ1) is 13.3. The third-order valence-electron chi connectivity index (χ3n) is 5.46. The van der Waals surface area contributed by atoms with E-state index in [0.29, 0.717) is 13.0 Å². The number of β-lactam (4-membered cyclic amide) rings is 1. The summed E-state index contributed by atoms with van der Waals surface area (Å²) in [6, 6.07) is -0.978. The van der Waals surface area contributed by atoms with Crippen LogP contribution in [-0.4, -0.2) is 62.8 Å². The third kappa shape index (κ3) is 7.58. The average molecular weight is 419 g/mol. The molecule has 1 saturated heterocycles. The zero-order valence-corrected chi connectivity index (χ0v) is 17.8. The second-order valence-corrected chi connectivity index (χ2v) is 10.2. The number of carbonyl (C=O) groups is 2. The number of alkyl carbamates (subject to hydrolysis) is 1. The van der Waals surface area contributed by atoms with Crippen LogP contribution >= 0.6 is 0 Å². The summed E-state index contributed by atoms with van der Waals surface area (Å²) in [4.78, 5) is 29.2. The molecule has 2 rings (SSSR count). The van der Waals surface area contributed by atoms with Crippen molar-refractivity contribution in [2.45, 2.75) is 76.8 Å². The molecule has 2 amide bonds. The van der Waals surface area contributed by atoms with E-state index in [0.717, 1.165) is 25.0 Å². The van der Waals surface area contributed by atoms with Gasteiger partial charge in [0.25, 0.3) is 5.91 Å². The fourth-order valence-electron chi connectivity index (χ4n) is 3.79. The highest BCUT2D eigenvalue weighted by Crippen LogP contribution is 2.27. The molecule has 0 aromatic carbocycles. The molecule has 28 heavy (non-hydrogen) atoms. The molecule has 0 aromatic rings. The van der Waals surface area contributed by atoms with Crippen molar-refractivity contribution in [3.63, 3.8) is 0 Å². The first-order valence-corrected chi connectivity index (χ1v) is 12.4. The predicted octanol–water partition coefficient (Wildman–Crippen LogP) is 2.43. The molecule has 0 aromatic heterocycles. The molecule has 9 heteroatoms. The average Bonchev–Trinajstić information content (AvgIpc) is 2.65. The number of rotatable bonds is 11. The number of carbonyl (C=O) groups excluding carboxylic acids is 2. The van der Waals surface area contributed by atoms with Gasteiger partial charge in [0.15, 0.2) is 0 Å². The van der Waals surface area contributed by atoms with Crippen LogP contribution in [0, 0.1) is 5.92 Å². The second-order valence-electron chi connectivity index (χ2n) is 7.98. The molecule has 1 aliphatic carbocycles. The highest BCUT2D eigenvalue weighted by Gasteiger charge is 2.47. The minimum Gasteiger partial charge on any atom is -0.450 e. The van der Waals surface area contributed by atoms with Crippen molar-refractivity contribution in [1.29, 1.82) is 0 Å². The highest BCUT2D eigenvalue weighted by atomic mass is 32.2. The molecule has 0 unspecified atom stereocenters. The Kier molecular flexibility index (Phi) is 9.01. The Morgan fingerprint density at radius 2 is 1.86 bits per heavy atom. The molecule has 162 valence electrons. The van der Waals surface area contributed by atoms with Gasteiger partial charge in [-0.3, -0.25) is 9.63 Å². The SMILES string of the molecule is C[C@H]1[C@H](NC(=O)OCCCCC2CCCCC2)C(=O)N1OCCCS(C)(=O)=O. The summed E-state index contributed by atoms with van der Waals surface area (Å²) in [6.45, 7) is 2.26. The van der Waals surface area contributed by atoms with Crippen LogP contribution in [0.1, 0.15) is 64.7 Å². The van der Waals surface area contributed by atoms with Crippen molar-refractivity contribution >= 4 is 21.8 Å². The van der Waals surface area contributed by atoms with Crippen LogP contribution in [0.3, 0.4) is 0 Å². The quantitative estimate of drug-likeness (QED) is 0.408. The van der Waals surface area contributed by atoms with E-state index < -0.39 is 22.0 Å². The summed E-state index contributed by atoms with van der Waals surface area (Å²) in [7, 11) is -3.04. The smallest absolute Gasteiger partial charge is 0.407 e. The van der Waals surface area contributed by atoms with Crippen LogP contribution in [-0.2, 0) is 24.2 Å². The zero-order chi connectivity index (χ0) is 20.6. The minimum absolute atomic E-state index is 0.0121. The summed E-state index contributed by atoms with van der Waals surface area (Å²) >= 11 is 0. The topological polar surface area (TPSA) is 102 Å². The standard InChI is InChI=1S/C19H34N2O6S/c1-15-17(18(22)21(15)27-13-8-14-28(2,24)25)20-19(23)26-12-7-6-11-16-9-4-3-5-10-16/h15-17H,3-14H2,1-2H3,(H,20,23)/t15-,17-/m0/s1. The predicted molar refractivity (Wildman–Crippen MR) is 105 cm³/mol. The molecule has 2 aliphatic rings. The minimum atomic E-state index is -3.04. The maximum absolute atomic E-state index is 12.1. The zero-order valence-electron chi connectivity index (χ0n) is 17.0. The number of hydrogen-bond donors (Lipinski definition) is 1. The van der Waals surface area contributed by atoms with Crippen molar-refractivity contribution in [2.75, 3.05) is 25.2 Å². The molecule has 8 nitrogen and oxygen atoms in total. The highest BCUT2D eigenvalue weighted by molar-refractivity contribution is 7.90. The summed E-state index contributed by atoms with van der Waals surface area (Å²) in [5.41, 5.74) is 0. The van der Waals surface area contributed by atoms with E-state index in [2.05, 4.69) is 5.32 Å². The van der Waals surface area contributed by atoms with Gasteiger partial charge in [0.2, 0.25) is 0 Å². The van der Waals surface area contributed by atoms with E-state index in [1.54, 1.807) is 6.92 Å². The van der Waals surface area contributed by atoms with Crippen molar-refractivity contribution in [1.82, 2.24) is 10.4 Å². The van der Waals surface area contributed by atoms with E-state index in [1.807, 2.05) is 0 Å². The Morgan fingerprint density at radius 3 is 2.50 bits per heavy atom. The van der Waals surface area contributed by atoms with Gasteiger partial charge in [-0.2, -0.15) is 0 Å². The Hall–Kier alpha value is -1.35. The summed E-state index contributed by atoms with van der Waals surface area (Å²) in [6.07, 6.45) is 10.7. The first kappa shape index (κ1) is 22.9. The molecule has 1 N–H and O–H groups in total. The van der Waals surface area contributed by atoms with Gasteiger partial charge in [-0.25, -0.2) is 18.3 Å². The van der Waals surface area contributed by atoms with E-state index in [-0.39, 0.29) is 24.3 Å². The number of amides is 2. The molecular formula is C19H34N2O6S. The Labute approximate surface area is 168 Å². The molecule has 2 fully saturated rings. The van der Waals surface area contributed by atoms with Crippen LogP contribution in [0.15, 0.2) is 0 Å². The third-order valence-corrected chi connectivity index (χ3v) is 6.49. The lowest BCUT2D eigenvalue weighted by Gasteiger charge is -2.43. The van der Waals surface area contributed by atoms with Crippen LogP contribution in [0.2, 0.25) is 0 Å². The Morgan fingerprint density at radius 1 is 1.14 bits per heavy atom. The number of nitrogens with one attached hydrogen (secondary N) is 1. The van der Waals surface area contributed by atoms with Crippen molar-refractivity contribution in [2.24, 2.45) is 5.92 Å². The first-order valence-electron chi connectivity index (χ1n) is 10.3. The van der Waals surface area contributed by atoms with Crippen molar-refractivity contribution in [3.8, 4) is 0 Å². The lowest BCUT2D eigenvalue weighted by Crippen LogP contribution is -2.69. The molecular weight excluding hydrogens is 384 g/mol. The van der Waals surface area contributed by atoms with E-state index >= 15 is 0 Å². The van der Waals surface area contributed by atoms with Crippen molar-refractivity contribution < 1.29 is 27.6 Å². The maximum atomic E-state index is 12.1. The van der Waals surface area contributed by atoms with Gasteiger partial charge in [-0.05, 0) is 32.1 Å². The molecule has 1 heterocycles. The summed E-state index contributed by atoms with van der Waals surface area (Å²) < 4.78 is 27.3. The van der Waals surface area contributed by atoms with Gasteiger partial charge in [0.05, 0.1) is 25.0 Å². The van der Waals surface area contributed by atoms with Gasteiger partial charge in [-0.1, -0.05) is 38.5 Å². The number of sulfone groups is 1. The van der Waals surface area contributed by atoms with Crippen LogP contribution in [0.25, 0.3) is 0 Å². The monoisotopic (exact) mass is 418 g/mol. The molecule has 1 saturated carbocycles. The number of ether oxygens (including phenoxy) is 1. The molecule has 2 atom stereocenters. The van der Waals surface area contributed by atoms with Crippen LogP contribution < -0.4 is 5.32 Å². The van der Waals surface area contributed by atoms with Crippen LogP contribution in [0.4, 0.5) is 4.79 Å². The molecule has 1 aliphatic heterocycles. The van der Waals surface area contributed by atoms with Gasteiger partial charge in [0.1, 0.15) is 15.9 Å². The number of nitrogens with zero attached hydrogens (tertiary/aromatic N) is 1. The Balaban J connectivity index is 1.54. The molecule has 0 bridgehead atoms. The van der Waals surface area contributed by atoms with Gasteiger partial charge in [-0.15, -0.1) is 0 Å². The second kappa shape index (κ2) is 11.0. The van der Waals surface area contributed by atoms with Crippen LogP contribution in [0.5, 0.6) is 0 Å². The fraction of sp³-hybridized carbons (Fsp3) is 0.895. The maximum Gasteiger partial charge on any atom is 0.407 e. The lowest BCUT2D eigenvalue weighted by molar-refractivity contribution is -0.231. The van der Waals surface area contributed by atoms with Gasteiger partial charge in [0, 0.05) is 6.26 Å². The van der Waals surface area contributed by atoms with E-state index in [1.165, 1.54) is 43.6 Å². The van der Waals surface area contributed by atoms with Gasteiger partial charge < -0.3 is 10.1 Å². The lowest BCUT2D eigenvalue weighted by atomic mass is 9.86. The largest absolute Gasteiger partial charge is 0.450 e. The number of unbranched alkanes of at least 4 members (excludes halogenated alkanes) is 1. The van der Waals surface area contributed by atoms with Crippen molar-refractivity contribution in [3.05, 3.63) is 0 Å². The van der Waals surface area contributed by atoms with Gasteiger partial charge >= 0.3 is 6.09 Å². The number of hydrogen-bond acceptors (Lipinski definition) is 6. The molecule has 0 spiro atoms. The summed E-state index contributed by atoms with van der Waals surface area (Å²) in [5, 5.41) is 3.75. The fourth-order valence-corrected chi connectivity index (χ4v) is 4.43. The number of hydroxylamine groups is 2. The van der Waals surface area contributed by atoms with E-state index in [4.69, 9.17) is 9.57 Å². The Bertz CT molecular complexity index is 618. The van der Waals surface area contributed by atoms with E-state index in [9.17, 15) is 18.0 Å². The normalized spacial score (nSPS) is 23.4.